The van der Waals surface area contributed by atoms with Gasteiger partial charge in [0.15, 0.2) is 0 Å². The largest absolute Gasteiger partial charge is 0.399 e. The second-order valence-electron chi connectivity index (χ2n) is 3.98. The molecule has 0 fully saturated rings. The smallest absolute Gasteiger partial charge is 0.0674 e. The van der Waals surface area contributed by atoms with Crippen LogP contribution in [0.2, 0.25) is 0 Å². The Morgan fingerprint density at radius 2 is 1.81 bits per heavy atom. The average Bonchev–Trinajstić information content (AvgIpc) is 2.56. The number of anilines is 1. The lowest BCUT2D eigenvalue weighted by molar-refractivity contribution is 0.634. The van der Waals surface area contributed by atoms with Crippen molar-refractivity contribution in [1.82, 2.24) is 9.78 Å². The van der Waals surface area contributed by atoms with Crippen LogP contribution in [0.5, 0.6) is 0 Å². The Hall–Kier alpha value is -1.77. The molecule has 0 amide bonds. The van der Waals surface area contributed by atoms with Crippen molar-refractivity contribution >= 4 is 5.69 Å². The summed E-state index contributed by atoms with van der Waals surface area (Å²) in [6.45, 7) is 7.16. The highest BCUT2D eigenvalue weighted by atomic mass is 15.3. The second kappa shape index (κ2) is 4.00. The molecule has 0 aliphatic carbocycles. The van der Waals surface area contributed by atoms with Crippen molar-refractivity contribution < 1.29 is 0 Å². The minimum atomic E-state index is 0.793. The molecule has 0 unspecified atom stereocenters. The van der Waals surface area contributed by atoms with Gasteiger partial charge in [0.2, 0.25) is 0 Å². The Morgan fingerprint density at radius 3 is 2.31 bits per heavy atom. The predicted octanol–water partition coefficient (Wildman–Crippen LogP) is 2.77. The highest BCUT2D eigenvalue weighted by Gasteiger charge is 2.11. The minimum Gasteiger partial charge on any atom is -0.399 e. The van der Waals surface area contributed by atoms with Gasteiger partial charge in [-0.3, -0.25) is 4.68 Å². The quantitative estimate of drug-likeness (QED) is 0.783. The van der Waals surface area contributed by atoms with E-state index in [2.05, 4.69) is 18.9 Å². The normalized spacial score (nSPS) is 10.7. The monoisotopic (exact) mass is 215 g/mol. The van der Waals surface area contributed by atoms with E-state index in [1.807, 2.05) is 35.9 Å². The zero-order valence-corrected chi connectivity index (χ0v) is 9.99. The first-order valence-corrected chi connectivity index (χ1v) is 5.53. The summed E-state index contributed by atoms with van der Waals surface area (Å²) < 4.78 is 2.03. The number of hydrogen-bond acceptors (Lipinski definition) is 2. The molecule has 2 N–H and O–H groups in total. The minimum absolute atomic E-state index is 0.793. The molecule has 0 radical (unpaired) electrons. The summed E-state index contributed by atoms with van der Waals surface area (Å²) >= 11 is 0. The molecule has 2 rings (SSSR count). The van der Waals surface area contributed by atoms with Crippen LogP contribution in [0, 0.1) is 13.8 Å². The van der Waals surface area contributed by atoms with Crippen molar-refractivity contribution in [1.29, 1.82) is 0 Å². The Labute approximate surface area is 95.9 Å². The summed E-state index contributed by atoms with van der Waals surface area (Å²) in [5, 5.41) is 4.51. The predicted molar refractivity (Wildman–Crippen MR) is 67.2 cm³/mol. The number of nitrogens with zero attached hydrogens (tertiary/aromatic N) is 2. The average molecular weight is 215 g/mol. The van der Waals surface area contributed by atoms with Crippen molar-refractivity contribution in [2.24, 2.45) is 0 Å². The molecular weight excluding hydrogens is 198 g/mol. The van der Waals surface area contributed by atoms with Crippen LogP contribution >= 0.6 is 0 Å². The Morgan fingerprint density at radius 1 is 1.19 bits per heavy atom. The Balaban J connectivity index is 2.55. The van der Waals surface area contributed by atoms with Crippen LogP contribution in [-0.4, -0.2) is 9.78 Å². The number of aromatic nitrogens is 2. The molecule has 0 saturated carbocycles. The van der Waals surface area contributed by atoms with Crippen molar-refractivity contribution in [3.63, 3.8) is 0 Å². The van der Waals surface area contributed by atoms with E-state index in [4.69, 9.17) is 5.73 Å². The molecule has 1 heterocycles. The molecule has 0 aliphatic heterocycles. The third-order valence-corrected chi connectivity index (χ3v) is 2.88. The number of hydrogen-bond donors (Lipinski definition) is 1. The van der Waals surface area contributed by atoms with Crippen LogP contribution in [0.1, 0.15) is 18.3 Å². The van der Waals surface area contributed by atoms with E-state index in [0.717, 1.165) is 17.9 Å². The second-order valence-corrected chi connectivity index (χ2v) is 3.98. The van der Waals surface area contributed by atoms with Gasteiger partial charge in [0, 0.05) is 23.5 Å². The van der Waals surface area contributed by atoms with E-state index < -0.39 is 0 Å². The van der Waals surface area contributed by atoms with Crippen LogP contribution in [0.4, 0.5) is 5.69 Å². The van der Waals surface area contributed by atoms with Gasteiger partial charge in [-0.25, -0.2) is 0 Å². The first kappa shape index (κ1) is 10.7. The van der Waals surface area contributed by atoms with Crippen LogP contribution in [0.15, 0.2) is 24.3 Å². The Kier molecular flexibility index (Phi) is 2.69. The van der Waals surface area contributed by atoms with E-state index >= 15 is 0 Å². The fourth-order valence-corrected chi connectivity index (χ4v) is 2.07. The number of nitrogen functional groups attached to an aromatic ring is 1. The summed E-state index contributed by atoms with van der Waals surface area (Å²) in [5.74, 6) is 0. The van der Waals surface area contributed by atoms with Gasteiger partial charge in [0.1, 0.15) is 0 Å². The maximum absolute atomic E-state index is 5.69. The zero-order chi connectivity index (χ0) is 11.7. The Bertz CT molecular complexity index is 495. The lowest BCUT2D eigenvalue weighted by Gasteiger charge is -2.03. The summed E-state index contributed by atoms with van der Waals surface area (Å²) in [5.41, 5.74) is 11.2. The fraction of sp³-hybridized carbons (Fsp3) is 0.308. The molecule has 1 aromatic heterocycles. The molecular formula is C13H17N3. The van der Waals surface area contributed by atoms with Crippen LogP contribution < -0.4 is 5.73 Å². The molecule has 0 aliphatic rings. The SMILES string of the molecule is CCn1nc(C)c(-c2ccc(N)cc2)c1C. The third kappa shape index (κ3) is 1.69. The fourth-order valence-electron chi connectivity index (χ4n) is 2.07. The van der Waals surface area contributed by atoms with Gasteiger partial charge in [-0.1, -0.05) is 12.1 Å². The summed E-state index contributed by atoms with van der Waals surface area (Å²) in [4.78, 5) is 0. The van der Waals surface area contributed by atoms with E-state index in [9.17, 15) is 0 Å². The highest BCUT2D eigenvalue weighted by Crippen LogP contribution is 2.27. The van der Waals surface area contributed by atoms with Gasteiger partial charge in [-0.05, 0) is 38.5 Å². The molecule has 1 aromatic carbocycles. The van der Waals surface area contributed by atoms with Crippen molar-refractivity contribution in [2.45, 2.75) is 27.3 Å². The summed E-state index contributed by atoms with van der Waals surface area (Å²) in [6.07, 6.45) is 0. The lowest BCUT2D eigenvalue weighted by Crippen LogP contribution is -1.98. The van der Waals surface area contributed by atoms with Crippen LogP contribution in [-0.2, 0) is 6.54 Å². The summed E-state index contributed by atoms with van der Waals surface area (Å²) in [6, 6.07) is 7.95. The van der Waals surface area contributed by atoms with E-state index in [0.29, 0.717) is 0 Å². The topological polar surface area (TPSA) is 43.8 Å². The van der Waals surface area contributed by atoms with Crippen molar-refractivity contribution in [2.75, 3.05) is 5.73 Å². The van der Waals surface area contributed by atoms with E-state index in [1.54, 1.807) is 0 Å². The van der Waals surface area contributed by atoms with Crippen molar-refractivity contribution in [3.05, 3.63) is 35.7 Å². The summed E-state index contributed by atoms with van der Waals surface area (Å²) in [7, 11) is 0. The van der Waals surface area contributed by atoms with E-state index in [-0.39, 0.29) is 0 Å². The van der Waals surface area contributed by atoms with E-state index in [1.165, 1.54) is 16.8 Å². The third-order valence-electron chi connectivity index (χ3n) is 2.88. The van der Waals surface area contributed by atoms with Crippen LogP contribution in [0.25, 0.3) is 11.1 Å². The number of benzene rings is 1. The molecule has 3 nitrogen and oxygen atoms in total. The molecule has 0 atom stereocenters. The van der Waals surface area contributed by atoms with Gasteiger partial charge in [-0.2, -0.15) is 5.10 Å². The molecule has 0 spiro atoms. The maximum Gasteiger partial charge on any atom is 0.0674 e. The number of rotatable bonds is 2. The molecule has 3 heteroatoms. The molecule has 84 valence electrons. The molecule has 0 saturated heterocycles. The van der Waals surface area contributed by atoms with Gasteiger partial charge in [-0.15, -0.1) is 0 Å². The molecule has 2 aromatic rings. The van der Waals surface area contributed by atoms with Gasteiger partial charge < -0.3 is 5.73 Å². The van der Waals surface area contributed by atoms with Crippen molar-refractivity contribution in [3.8, 4) is 11.1 Å². The zero-order valence-electron chi connectivity index (χ0n) is 9.99. The highest BCUT2D eigenvalue weighted by molar-refractivity contribution is 5.69. The molecule has 16 heavy (non-hydrogen) atoms. The van der Waals surface area contributed by atoms with Gasteiger partial charge in [0.05, 0.1) is 5.69 Å². The maximum atomic E-state index is 5.69. The lowest BCUT2D eigenvalue weighted by atomic mass is 10.0. The number of nitrogens with two attached hydrogens (primary N) is 1. The number of aryl methyl sites for hydroxylation is 2. The standard InChI is InChI=1S/C13H17N3/c1-4-16-10(3)13(9(2)15-16)11-5-7-12(14)8-6-11/h5-8H,4,14H2,1-3H3. The first-order chi connectivity index (χ1) is 7.63. The molecule has 0 bridgehead atoms. The van der Waals surface area contributed by atoms with Crippen LogP contribution in [0.3, 0.4) is 0 Å². The van der Waals surface area contributed by atoms with Gasteiger partial charge >= 0.3 is 0 Å². The van der Waals surface area contributed by atoms with Gasteiger partial charge in [0.25, 0.3) is 0 Å². The first-order valence-electron chi connectivity index (χ1n) is 5.53.